The number of aryl methyl sites for hydroxylation is 2. The molecule has 1 atom stereocenters. The van der Waals surface area contributed by atoms with Crippen LogP contribution in [0.1, 0.15) is 40.9 Å². The molecule has 1 aliphatic heterocycles. The van der Waals surface area contributed by atoms with Crippen LogP contribution in [0.5, 0.6) is 5.75 Å². The number of rotatable bonds is 7. The maximum atomic E-state index is 13.3. The number of carbonyl (C=O) groups is 3. The van der Waals surface area contributed by atoms with Gasteiger partial charge < -0.3 is 30.0 Å². The Morgan fingerprint density at radius 1 is 1.14 bits per heavy atom. The van der Waals surface area contributed by atoms with Crippen molar-refractivity contribution in [3.05, 3.63) is 52.7 Å². The zero-order valence-electron chi connectivity index (χ0n) is 21.3. The molecule has 1 aromatic heterocycles. The van der Waals surface area contributed by atoms with Crippen LogP contribution >= 0.6 is 0 Å². The predicted molar refractivity (Wildman–Crippen MR) is 135 cm³/mol. The number of piperazine rings is 1. The lowest BCUT2D eigenvalue weighted by molar-refractivity contribution is -0.115. The summed E-state index contributed by atoms with van der Waals surface area (Å²) in [6.45, 7) is 10.3. The van der Waals surface area contributed by atoms with Crippen LogP contribution in [0.15, 0.2) is 30.5 Å². The van der Waals surface area contributed by atoms with E-state index in [0.717, 1.165) is 16.9 Å². The van der Waals surface area contributed by atoms with Crippen molar-refractivity contribution >= 4 is 24.0 Å². The van der Waals surface area contributed by atoms with Crippen LogP contribution in [0.2, 0.25) is 0 Å². The van der Waals surface area contributed by atoms with Crippen molar-refractivity contribution in [1.82, 2.24) is 20.5 Å². The highest BCUT2D eigenvalue weighted by molar-refractivity contribution is 5.95. The van der Waals surface area contributed by atoms with Crippen LogP contribution < -0.4 is 20.3 Å². The largest absolute Gasteiger partial charge is 0.496 e. The quantitative estimate of drug-likeness (QED) is 0.590. The lowest BCUT2D eigenvalue weighted by atomic mass is 9.80. The molecule has 3 amide bonds. The van der Waals surface area contributed by atoms with Gasteiger partial charge in [0.05, 0.1) is 7.11 Å². The van der Waals surface area contributed by atoms with Crippen molar-refractivity contribution in [3.63, 3.8) is 0 Å². The zero-order valence-corrected chi connectivity index (χ0v) is 21.3. The SMILES string of the molecule is CNC(=O)NC(C=O)(c1ccc(C(=O)N2CCN(c3ncc(C)cc3C)CC2)cc1OC)C(C)C. The normalized spacial score (nSPS) is 15.4. The number of hydrogen-bond donors (Lipinski definition) is 2. The molecule has 0 spiro atoms. The summed E-state index contributed by atoms with van der Waals surface area (Å²) >= 11 is 0. The molecular formula is C26H35N5O4. The molecule has 0 bridgehead atoms. The molecule has 2 N–H and O–H groups in total. The van der Waals surface area contributed by atoms with Gasteiger partial charge in [0.1, 0.15) is 23.4 Å². The van der Waals surface area contributed by atoms with E-state index in [2.05, 4.69) is 33.5 Å². The monoisotopic (exact) mass is 481 g/mol. The first-order valence-electron chi connectivity index (χ1n) is 11.8. The molecule has 1 aromatic carbocycles. The minimum atomic E-state index is -1.31. The average molecular weight is 482 g/mol. The summed E-state index contributed by atoms with van der Waals surface area (Å²) in [6, 6.07) is 6.64. The number of anilines is 1. The first-order valence-corrected chi connectivity index (χ1v) is 11.8. The van der Waals surface area contributed by atoms with Crippen molar-refractivity contribution in [3.8, 4) is 5.75 Å². The second-order valence-electron chi connectivity index (χ2n) is 9.19. The number of ether oxygens (including phenoxy) is 1. The Labute approximate surface area is 206 Å². The molecule has 1 aliphatic rings. The number of aldehydes is 1. The Kier molecular flexibility index (Phi) is 7.99. The summed E-state index contributed by atoms with van der Waals surface area (Å²) in [5.74, 6) is 0.950. The summed E-state index contributed by atoms with van der Waals surface area (Å²) in [5.41, 5.74) is 1.90. The van der Waals surface area contributed by atoms with Crippen molar-refractivity contribution in [2.24, 2.45) is 5.92 Å². The van der Waals surface area contributed by atoms with Gasteiger partial charge in [-0.2, -0.15) is 0 Å². The fourth-order valence-electron chi connectivity index (χ4n) is 4.51. The lowest BCUT2D eigenvalue weighted by Gasteiger charge is -2.36. The standard InChI is InChI=1S/C26H35N5O4/c1-17(2)26(16-32,29-25(34)27-5)21-8-7-20(14-22(21)35-6)24(33)31-11-9-30(10-12-31)23-19(4)13-18(3)15-28-23/h7-8,13-17H,9-12H2,1-6H3,(H2,27,29,34). The van der Waals surface area contributed by atoms with Crippen LogP contribution in [0.3, 0.4) is 0 Å². The maximum absolute atomic E-state index is 13.3. The molecule has 0 radical (unpaired) electrons. The summed E-state index contributed by atoms with van der Waals surface area (Å²) in [5, 5.41) is 5.25. The van der Waals surface area contributed by atoms with E-state index in [1.807, 2.05) is 31.9 Å². The fourth-order valence-corrected chi connectivity index (χ4v) is 4.51. The lowest BCUT2D eigenvalue weighted by Crippen LogP contribution is -2.53. The molecule has 188 valence electrons. The third-order valence-electron chi connectivity index (χ3n) is 6.59. The maximum Gasteiger partial charge on any atom is 0.315 e. The third kappa shape index (κ3) is 5.23. The van der Waals surface area contributed by atoms with Gasteiger partial charge in [0, 0.05) is 50.6 Å². The number of nitrogens with zero attached hydrogens (tertiary/aromatic N) is 3. The van der Waals surface area contributed by atoms with Crippen LogP contribution in [0.4, 0.5) is 10.6 Å². The number of nitrogens with one attached hydrogen (secondary N) is 2. The zero-order chi connectivity index (χ0) is 25.8. The number of aromatic nitrogens is 1. The number of hydrogen-bond acceptors (Lipinski definition) is 6. The molecule has 0 aliphatic carbocycles. The molecule has 1 fully saturated rings. The minimum absolute atomic E-state index is 0.108. The number of carbonyl (C=O) groups excluding carboxylic acids is 3. The van der Waals surface area contributed by atoms with Gasteiger partial charge >= 0.3 is 6.03 Å². The second-order valence-corrected chi connectivity index (χ2v) is 9.19. The van der Waals surface area contributed by atoms with Gasteiger partial charge in [0.15, 0.2) is 0 Å². The van der Waals surface area contributed by atoms with Crippen LogP contribution in [0, 0.1) is 19.8 Å². The Morgan fingerprint density at radius 2 is 1.83 bits per heavy atom. The number of amides is 3. The Morgan fingerprint density at radius 3 is 2.37 bits per heavy atom. The number of benzene rings is 1. The highest BCUT2D eigenvalue weighted by atomic mass is 16.5. The van der Waals surface area contributed by atoms with Gasteiger partial charge in [0.25, 0.3) is 5.91 Å². The van der Waals surface area contributed by atoms with E-state index >= 15 is 0 Å². The van der Waals surface area contributed by atoms with Crippen molar-refractivity contribution < 1.29 is 19.1 Å². The number of urea groups is 1. The van der Waals surface area contributed by atoms with E-state index in [1.165, 1.54) is 14.2 Å². The number of pyridine rings is 1. The highest BCUT2D eigenvalue weighted by Crippen LogP contribution is 2.35. The van der Waals surface area contributed by atoms with E-state index in [-0.39, 0.29) is 11.8 Å². The number of methoxy groups -OCH3 is 1. The van der Waals surface area contributed by atoms with E-state index in [1.54, 1.807) is 18.2 Å². The fraction of sp³-hybridized carbons (Fsp3) is 0.462. The van der Waals surface area contributed by atoms with Gasteiger partial charge in [-0.25, -0.2) is 9.78 Å². The van der Waals surface area contributed by atoms with Gasteiger partial charge in [0.2, 0.25) is 0 Å². The first-order chi connectivity index (χ1) is 16.7. The molecule has 1 unspecified atom stereocenters. The van der Waals surface area contributed by atoms with Crippen LogP contribution in [0.25, 0.3) is 0 Å². The predicted octanol–water partition coefficient (Wildman–Crippen LogP) is 2.65. The van der Waals surface area contributed by atoms with Crippen molar-refractivity contribution in [1.29, 1.82) is 0 Å². The van der Waals surface area contributed by atoms with E-state index < -0.39 is 11.6 Å². The molecule has 2 heterocycles. The molecule has 2 aromatic rings. The van der Waals surface area contributed by atoms with Gasteiger partial charge in [-0.05, 0) is 43.0 Å². The minimum Gasteiger partial charge on any atom is -0.496 e. The van der Waals surface area contributed by atoms with Gasteiger partial charge in [-0.3, -0.25) is 4.79 Å². The molecule has 35 heavy (non-hydrogen) atoms. The van der Waals surface area contributed by atoms with E-state index in [0.29, 0.717) is 49.3 Å². The first kappa shape index (κ1) is 26.0. The second kappa shape index (κ2) is 10.8. The molecule has 9 heteroatoms. The van der Waals surface area contributed by atoms with E-state index in [9.17, 15) is 14.4 Å². The van der Waals surface area contributed by atoms with Gasteiger partial charge in [-0.15, -0.1) is 0 Å². The van der Waals surface area contributed by atoms with Crippen LogP contribution in [-0.2, 0) is 10.3 Å². The Hall–Kier alpha value is -3.62. The Balaban J connectivity index is 1.81. The summed E-state index contributed by atoms with van der Waals surface area (Å²) in [6.07, 6.45) is 2.58. The van der Waals surface area contributed by atoms with Gasteiger partial charge in [-0.1, -0.05) is 26.0 Å². The topological polar surface area (TPSA) is 104 Å². The van der Waals surface area contributed by atoms with Crippen molar-refractivity contribution in [2.75, 3.05) is 45.2 Å². The molecule has 0 saturated carbocycles. The summed E-state index contributed by atoms with van der Waals surface area (Å²) in [4.78, 5) is 46.3. The van der Waals surface area contributed by atoms with Crippen molar-refractivity contribution in [2.45, 2.75) is 33.2 Å². The summed E-state index contributed by atoms with van der Waals surface area (Å²) < 4.78 is 5.58. The molecule has 3 rings (SSSR count). The smallest absolute Gasteiger partial charge is 0.315 e. The highest BCUT2D eigenvalue weighted by Gasteiger charge is 2.40. The molecule has 1 saturated heterocycles. The average Bonchev–Trinajstić information content (AvgIpc) is 2.86. The molecular weight excluding hydrogens is 446 g/mol. The van der Waals surface area contributed by atoms with E-state index in [4.69, 9.17) is 4.74 Å². The Bertz CT molecular complexity index is 1100. The summed E-state index contributed by atoms with van der Waals surface area (Å²) in [7, 11) is 2.97. The van der Waals surface area contributed by atoms with Crippen LogP contribution in [-0.4, -0.2) is 68.4 Å². The molecule has 9 nitrogen and oxygen atoms in total. The third-order valence-corrected chi connectivity index (χ3v) is 6.59.